The van der Waals surface area contributed by atoms with E-state index in [4.69, 9.17) is 0 Å². The third-order valence-electron chi connectivity index (χ3n) is 6.55. The van der Waals surface area contributed by atoms with Crippen LogP contribution in [0.1, 0.15) is 11.1 Å². The molecule has 0 radical (unpaired) electrons. The molecule has 0 spiro atoms. The molecule has 13 heteroatoms. The van der Waals surface area contributed by atoms with Gasteiger partial charge in [0.05, 0.1) is 17.1 Å². The van der Waals surface area contributed by atoms with Crippen LogP contribution in [0, 0.1) is 36.5 Å². The van der Waals surface area contributed by atoms with Gasteiger partial charge in [0.25, 0.3) is 0 Å². The summed E-state index contributed by atoms with van der Waals surface area (Å²) in [6, 6.07) is 31.0. The molecule has 0 aliphatic carbocycles. The van der Waals surface area contributed by atoms with Crippen LogP contribution in [0.4, 0.5) is 26.3 Å². The van der Waals surface area contributed by atoms with E-state index in [-0.39, 0.29) is 37.3 Å². The SMILES string of the molecule is Cc1c[c-]c(-c2ccccn2)c(F)c1.FC(F)(F)c1ccc(-c2n[n-]c(-c3ccccn3)n2)cc1.Fc1c[c-]c(-c2ccccn2)c(F)c1.[Ir+3]. The molecule has 0 fully saturated rings. The predicted molar refractivity (Wildman–Crippen MR) is 171 cm³/mol. The van der Waals surface area contributed by atoms with Crippen LogP contribution in [0.15, 0.2) is 122 Å². The monoisotopic (exact) mass is 858 g/mol. The summed E-state index contributed by atoms with van der Waals surface area (Å²) in [5.41, 5.74) is 2.86. The smallest absolute Gasteiger partial charge is 0.417 e. The molecule has 4 heterocycles. The number of pyridine rings is 3. The quantitative estimate of drug-likeness (QED) is 0.130. The van der Waals surface area contributed by atoms with Crippen molar-refractivity contribution in [3.05, 3.63) is 162 Å². The van der Waals surface area contributed by atoms with Crippen molar-refractivity contribution in [2.24, 2.45) is 0 Å². The first-order chi connectivity index (χ1) is 23.6. The van der Waals surface area contributed by atoms with Crippen molar-refractivity contribution in [3.8, 4) is 45.4 Å². The number of halogens is 6. The van der Waals surface area contributed by atoms with Crippen molar-refractivity contribution in [3.63, 3.8) is 0 Å². The standard InChI is InChI=1S/C14H8F3N4.C12H9FN.C11H6F2N.Ir/c15-14(16,17)10-6-4-9(5-7-10)12-19-13(21-20-12)11-3-1-2-8-18-11;1-9-5-6-10(11(13)8-9)12-4-2-3-7-14-12;12-8-4-5-9(10(13)7-8)11-3-1-2-6-14-11;/h1-8H;2-5,7-8H,1H3;1-4,6-7H;/q3*-1;+3. The molecular formula is C37H23F6IrN6. The van der Waals surface area contributed by atoms with Crippen LogP contribution in [-0.4, -0.2) is 25.0 Å². The number of aryl methyl sites for hydroxylation is 1. The number of hydrogen-bond donors (Lipinski definition) is 0. The van der Waals surface area contributed by atoms with Crippen LogP contribution in [0.5, 0.6) is 0 Å². The summed E-state index contributed by atoms with van der Waals surface area (Å²) in [5.74, 6) is -0.954. The molecule has 0 bridgehead atoms. The average Bonchev–Trinajstić information content (AvgIpc) is 3.61. The minimum absolute atomic E-state index is 0. The van der Waals surface area contributed by atoms with Gasteiger partial charge in [0, 0.05) is 36.0 Å². The van der Waals surface area contributed by atoms with E-state index in [1.54, 1.807) is 73.2 Å². The van der Waals surface area contributed by atoms with Gasteiger partial charge in [0.2, 0.25) is 0 Å². The van der Waals surface area contributed by atoms with Gasteiger partial charge in [0.15, 0.2) is 0 Å². The Morgan fingerprint density at radius 2 is 1.16 bits per heavy atom. The van der Waals surface area contributed by atoms with Gasteiger partial charge in [-0.3, -0.25) is 23.3 Å². The zero-order valence-electron chi connectivity index (χ0n) is 25.8. The number of benzene rings is 3. The molecule has 0 N–H and O–H groups in total. The van der Waals surface area contributed by atoms with Crippen molar-refractivity contribution in [1.82, 2.24) is 30.1 Å². The maximum absolute atomic E-state index is 13.5. The molecule has 0 amide bonds. The van der Waals surface area contributed by atoms with Crippen LogP contribution in [0.3, 0.4) is 0 Å². The molecule has 0 saturated heterocycles. The first-order valence-corrected chi connectivity index (χ1v) is 14.4. The minimum atomic E-state index is -4.36. The number of nitrogens with zero attached hydrogens (tertiary/aromatic N) is 6. The van der Waals surface area contributed by atoms with Crippen LogP contribution >= 0.6 is 0 Å². The van der Waals surface area contributed by atoms with Gasteiger partial charge in [-0.25, -0.2) is 0 Å². The second kappa shape index (κ2) is 17.2. The number of alkyl halides is 3. The van der Waals surface area contributed by atoms with Crippen molar-refractivity contribution >= 4 is 0 Å². The van der Waals surface area contributed by atoms with Crippen molar-refractivity contribution in [2.45, 2.75) is 13.1 Å². The van der Waals surface area contributed by atoms with Gasteiger partial charge in [-0.05, 0) is 59.2 Å². The average molecular weight is 858 g/mol. The van der Waals surface area contributed by atoms with E-state index >= 15 is 0 Å². The zero-order chi connectivity index (χ0) is 34.8. The molecule has 0 aliphatic heterocycles. The van der Waals surface area contributed by atoms with E-state index in [9.17, 15) is 26.3 Å². The fraction of sp³-hybridized carbons (Fsp3) is 0.0541. The normalized spacial score (nSPS) is 10.5. The van der Waals surface area contributed by atoms with E-state index < -0.39 is 23.4 Å². The Balaban J connectivity index is 0.000000172. The molecule has 0 saturated carbocycles. The van der Waals surface area contributed by atoms with Gasteiger partial charge in [-0.15, -0.1) is 35.9 Å². The maximum atomic E-state index is 13.5. The van der Waals surface area contributed by atoms with Crippen molar-refractivity contribution < 1.29 is 46.4 Å². The Morgan fingerprint density at radius 3 is 1.64 bits per heavy atom. The van der Waals surface area contributed by atoms with Gasteiger partial charge < -0.3 is 20.1 Å². The molecule has 3 aromatic carbocycles. The number of rotatable bonds is 4. The van der Waals surface area contributed by atoms with Crippen molar-refractivity contribution in [1.29, 1.82) is 0 Å². The summed E-state index contributed by atoms with van der Waals surface area (Å²) in [7, 11) is 0. The Kier molecular flexibility index (Phi) is 12.9. The van der Waals surface area contributed by atoms with E-state index in [0.717, 1.165) is 29.8 Å². The fourth-order valence-electron chi connectivity index (χ4n) is 4.20. The topological polar surface area (TPSA) is 78.5 Å². The Morgan fingerprint density at radius 1 is 0.640 bits per heavy atom. The molecule has 7 rings (SSSR count). The molecule has 0 atom stereocenters. The molecule has 0 aliphatic rings. The van der Waals surface area contributed by atoms with Gasteiger partial charge in [0.1, 0.15) is 0 Å². The van der Waals surface area contributed by atoms with E-state index in [0.29, 0.717) is 34.0 Å². The second-order valence-electron chi connectivity index (χ2n) is 10.1. The molecular weight excluding hydrogens is 835 g/mol. The van der Waals surface area contributed by atoms with Crippen molar-refractivity contribution in [2.75, 3.05) is 0 Å². The summed E-state index contributed by atoms with van der Waals surface area (Å²) in [5, 5.41) is 7.76. The minimum Gasteiger partial charge on any atom is -0.417 e. The summed E-state index contributed by atoms with van der Waals surface area (Å²) in [4.78, 5) is 16.3. The summed E-state index contributed by atoms with van der Waals surface area (Å²) >= 11 is 0. The largest absolute Gasteiger partial charge is 3.00 e. The molecule has 4 aromatic heterocycles. The Labute approximate surface area is 296 Å². The molecule has 7 aromatic rings. The second-order valence-corrected chi connectivity index (χ2v) is 10.1. The third-order valence-corrected chi connectivity index (χ3v) is 6.55. The van der Waals surface area contributed by atoms with Gasteiger partial charge in [-0.2, -0.15) is 13.2 Å². The van der Waals surface area contributed by atoms with Crippen LogP contribution in [-0.2, 0) is 26.3 Å². The van der Waals surface area contributed by atoms with Crippen LogP contribution < -0.4 is 5.10 Å². The van der Waals surface area contributed by atoms with Crippen LogP contribution in [0.25, 0.3) is 45.4 Å². The van der Waals surface area contributed by atoms with Crippen LogP contribution in [0.2, 0.25) is 0 Å². The first kappa shape index (κ1) is 37.3. The summed E-state index contributed by atoms with van der Waals surface area (Å²) < 4.78 is 76.7. The first-order valence-electron chi connectivity index (χ1n) is 14.4. The summed E-state index contributed by atoms with van der Waals surface area (Å²) in [6.45, 7) is 1.84. The van der Waals surface area contributed by atoms with Gasteiger partial charge >= 0.3 is 26.3 Å². The summed E-state index contributed by atoms with van der Waals surface area (Å²) in [6.07, 6.45) is 0.431. The fourth-order valence-corrected chi connectivity index (χ4v) is 4.20. The number of aromatic nitrogens is 6. The van der Waals surface area contributed by atoms with Gasteiger partial charge in [-0.1, -0.05) is 66.6 Å². The number of hydrogen-bond acceptors (Lipinski definition) is 5. The molecule has 6 nitrogen and oxygen atoms in total. The van der Waals surface area contributed by atoms with E-state index in [1.807, 2.05) is 13.0 Å². The molecule has 0 unspecified atom stereocenters. The Bertz CT molecular complexity index is 2010. The third kappa shape index (κ3) is 10.0. The predicted octanol–water partition coefficient (Wildman–Crippen LogP) is 9.00. The molecule has 50 heavy (non-hydrogen) atoms. The zero-order valence-corrected chi connectivity index (χ0v) is 28.2. The van der Waals surface area contributed by atoms with E-state index in [2.05, 4.69) is 42.3 Å². The molecule has 252 valence electrons. The van der Waals surface area contributed by atoms with E-state index in [1.165, 1.54) is 18.2 Å². The maximum Gasteiger partial charge on any atom is 3.00 e. The Hall–Kier alpha value is -5.52.